The average molecular weight is 383 g/mol. The fraction of sp³-hybridized carbons (Fsp3) is 0.188. The van der Waals surface area contributed by atoms with Crippen molar-refractivity contribution in [1.29, 1.82) is 0 Å². The second kappa shape index (κ2) is 7.20. The van der Waals surface area contributed by atoms with Crippen LogP contribution in [0.3, 0.4) is 0 Å². The molecule has 2 aromatic rings. The Hall–Kier alpha value is -2.45. The van der Waals surface area contributed by atoms with Gasteiger partial charge in [-0.3, -0.25) is 14.9 Å². The van der Waals surface area contributed by atoms with Gasteiger partial charge in [0.2, 0.25) is 5.91 Å². The molecule has 0 unspecified atom stereocenters. The number of hydrogen-bond acceptors (Lipinski definition) is 5. The van der Waals surface area contributed by atoms with Crippen LogP contribution in [0.15, 0.2) is 47.4 Å². The lowest BCUT2D eigenvalue weighted by molar-refractivity contribution is -0.384. The minimum absolute atomic E-state index is 0.159. The quantitative estimate of drug-likeness (QED) is 0.630. The van der Waals surface area contributed by atoms with Gasteiger partial charge in [-0.15, -0.1) is 0 Å². The first-order valence-electron chi connectivity index (χ1n) is 7.18. The van der Waals surface area contributed by atoms with Gasteiger partial charge >= 0.3 is 0 Å². The van der Waals surface area contributed by atoms with Gasteiger partial charge in [-0.25, -0.2) is 8.42 Å². The van der Waals surface area contributed by atoms with E-state index >= 15 is 0 Å². The summed E-state index contributed by atoms with van der Waals surface area (Å²) in [7, 11) is -3.98. The number of anilines is 1. The summed E-state index contributed by atoms with van der Waals surface area (Å²) >= 11 is 5.85. The smallest absolute Gasteiger partial charge is 0.269 e. The zero-order valence-electron chi connectivity index (χ0n) is 13.4. The van der Waals surface area contributed by atoms with E-state index in [2.05, 4.69) is 5.32 Å². The Kier molecular flexibility index (Phi) is 5.44. The topological polar surface area (TPSA) is 106 Å². The van der Waals surface area contributed by atoms with Crippen molar-refractivity contribution in [2.75, 3.05) is 5.32 Å². The predicted molar refractivity (Wildman–Crippen MR) is 94.6 cm³/mol. The number of benzene rings is 2. The lowest BCUT2D eigenvalue weighted by Crippen LogP contribution is -2.32. The molecule has 0 heterocycles. The first-order chi connectivity index (χ1) is 11.6. The maximum Gasteiger partial charge on any atom is 0.269 e. The van der Waals surface area contributed by atoms with Gasteiger partial charge in [0.05, 0.1) is 9.82 Å². The Morgan fingerprint density at radius 1 is 1.20 bits per heavy atom. The molecule has 9 heteroatoms. The lowest BCUT2D eigenvalue weighted by Gasteiger charge is -2.14. The maximum absolute atomic E-state index is 12.5. The van der Waals surface area contributed by atoms with Crippen LogP contribution in [-0.4, -0.2) is 24.5 Å². The largest absolute Gasteiger partial charge is 0.325 e. The highest BCUT2D eigenvalue weighted by Crippen LogP contribution is 2.23. The summed E-state index contributed by atoms with van der Waals surface area (Å²) in [5, 5.41) is 12.3. The molecule has 0 saturated heterocycles. The van der Waals surface area contributed by atoms with Crippen molar-refractivity contribution in [2.45, 2.75) is 24.0 Å². The Morgan fingerprint density at radius 3 is 2.32 bits per heavy atom. The number of nitrogens with one attached hydrogen (secondary N) is 1. The number of nitro benzene ring substituents is 1. The maximum atomic E-state index is 12.5. The van der Waals surface area contributed by atoms with E-state index in [1.807, 2.05) is 0 Å². The molecular formula is C16H15ClN2O5S. The van der Waals surface area contributed by atoms with Gasteiger partial charge in [0.15, 0.2) is 9.84 Å². The number of halogens is 1. The first kappa shape index (κ1) is 18.9. The van der Waals surface area contributed by atoms with Gasteiger partial charge in [-0.1, -0.05) is 11.6 Å². The van der Waals surface area contributed by atoms with E-state index in [0.717, 1.165) is 24.3 Å². The van der Waals surface area contributed by atoms with Crippen molar-refractivity contribution < 1.29 is 18.1 Å². The molecule has 0 aliphatic rings. The zero-order chi connectivity index (χ0) is 18.8. The number of non-ortho nitro benzene ring substituents is 1. The van der Waals surface area contributed by atoms with E-state index in [-0.39, 0.29) is 10.6 Å². The number of aryl methyl sites for hydroxylation is 1. The third kappa shape index (κ3) is 4.15. The zero-order valence-corrected chi connectivity index (χ0v) is 15.0. The molecule has 25 heavy (non-hydrogen) atoms. The van der Waals surface area contributed by atoms with Gasteiger partial charge in [-0.2, -0.15) is 0 Å². The molecule has 7 nitrogen and oxygen atoms in total. The van der Waals surface area contributed by atoms with Crippen molar-refractivity contribution in [2.24, 2.45) is 0 Å². The summed E-state index contributed by atoms with van der Waals surface area (Å²) in [5.41, 5.74) is 0.925. The Labute approximate surface area is 149 Å². The molecule has 0 saturated carbocycles. The van der Waals surface area contributed by atoms with E-state index in [0.29, 0.717) is 16.3 Å². The van der Waals surface area contributed by atoms with Crippen molar-refractivity contribution in [1.82, 2.24) is 0 Å². The van der Waals surface area contributed by atoms with Gasteiger partial charge < -0.3 is 5.32 Å². The molecule has 0 radical (unpaired) electrons. The van der Waals surface area contributed by atoms with Crippen LogP contribution in [0.5, 0.6) is 0 Å². The lowest BCUT2D eigenvalue weighted by atomic mass is 10.2. The van der Waals surface area contributed by atoms with Crippen molar-refractivity contribution in [3.8, 4) is 0 Å². The van der Waals surface area contributed by atoms with Crippen LogP contribution in [0.25, 0.3) is 0 Å². The fourth-order valence-corrected chi connectivity index (χ4v) is 3.60. The normalized spacial score (nSPS) is 12.4. The number of hydrogen-bond donors (Lipinski definition) is 1. The fourth-order valence-electron chi connectivity index (χ4n) is 2.10. The van der Waals surface area contributed by atoms with E-state index in [1.54, 1.807) is 25.1 Å². The third-order valence-corrected chi connectivity index (χ3v) is 5.97. The molecule has 0 aromatic heterocycles. The number of sulfone groups is 1. The standard InChI is InChI=1S/C16H15ClN2O5S/c1-10-9-12(17)3-8-15(10)18-16(20)11(2)25(23,24)14-6-4-13(5-7-14)19(21)22/h3-9,11H,1-2H3,(H,18,20)/t11-/m0/s1. The van der Waals surface area contributed by atoms with Crippen molar-refractivity contribution >= 4 is 38.7 Å². The molecule has 0 aliphatic heterocycles. The van der Waals surface area contributed by atoms with Crippen molar-refractivity contribution in [3.05, 3.63) is 63.2 Å². The SMILES string of the molecule is Cc1cc(Cl)ccc1NC(=O)[C@H](C)S(=O)(=O)c1ccc([N+](=O)[O-])cc1. The molecule has 0 bridgehead atoms. The summed E-state index contributed by atoms with van der Waals surface area (Å²) in [6.45, 7) is 2.99. The summed E-state index contributed by atoms with van der Waals surface area (Å²) in [6.07, 6.45) is 0. The van der Waals surface area contributed by atoms with Gasteiger partial charge in [-0.05, 0) is 49.7 Å². The van der Waals surface area contributed by atoms with E-state index in [4.69, 9.17) is 11.6 Å². The van der Waals surface area contributed by atoms with Crippen LogP contribution in [-0.2, 0) is 14.6 Å². The number of carbonyl (C=O) groups is 1. The highest BCUT2D eigenvalue weighted by Gasteiger charge is 2.30. The van der Waals surface area contributed by atoms with E-state index in [9.17, 15) is 23.3 Å². The molecule has 1 N–H and O–H groups in total. The minimum atomic E-state index is -3.98. The molecule has 1 amide bonds. The Balaban J connectivity index is 2.23. The molecule has 2 aromatic carbocycles. The molecule has 0 aliphatic carbocycles. The van der Waals surface area contributed by atoms with Gasteiger partial charge in [0, 0.05) is 22.8 Å². The highest BCUT2D eigenvalue weighted by molar-refractivity contribution is 7.92. The molecular weight excluding hydrogens is 368 g/mol. The number of amides is 1. The molecule has 132 valence electrons. The van der Waals surface area contributed by atoms with Crippen LogP contribution < -0.4 is 5.32 Å². The molecule has 0 fully saturated rings. The predicted octanol–water partition coefficient (Wildman–Crippen LogP) is 3.36. The second-order valence-corrected chi connectivity index (χ2v) is 8.09. The molecule has 2 rings (SSSR count). The van der Waals surface area contributed by atoms with Crippen LogP contribution in [0.4, 0.5) is 11.4 Å². The second-order valence-electron chi connectivity index (χ2n) is 5.39. The van der Waals surface area contributed by atoms with Crippen LogP contribution >= 0.6 is 11.6 Å². The van der Waals surface area contributed by atoms with Gasteiger partial charge in [0.1, 0.15) is 5.25 Å². The Bertz CT molecular complexity index is 926. The van der Waals surface area contributed by atoms with Gasteiger partial charge in [0.25, 0.3) is 5.69 Å². The minimum Gasteiger partial charge on any atom is -0.325 e. The highest BCUT2D eigenvalue weighted by atomic mass is 35.5. The third-order valence-electron chi connectivity index (χ3n) is 3.66. The summed E-state index contributed by atoms with van der Waals surface area (Å²) < 4.78 is 25.1. The monoisotopic (exact) mass is 382 g/mol. The number of rotatable bonds is 5. The summed E-state index contributed by atoms with van der Waals surface area (Å²) in [5.74, 6) is -0.705. The summed E-state index contributed by atoms with van der Waals surface area (Å²) in [4.78, 5) is 22.2. The van der Waals surface area contributed by atoms with Crippen LogP contribution in [0, 0.1) is 17.0 Å². The van der Waals surface area contributed by atoms with Crippen LogP contribution in [0.1, 0.15) is 12.5 Å². The van der Waals surface area contributed by atoms with E-state index < -0.39 is 25.9 Å². The Morgan fingerprint density at radius 2 is 1.80 bits per heavy atom. The van der Waals surface area contributed by atoms with Crippen molar-refractivity contribution in [3.63, 3.8) is 0 Å². The number of nitro groups is 1. The van der Waals surface area contributed by atoms with Crippen LogP contribution in [0.2, 0.25) is 5.02 Å². The average Bonchev–Trinajstić information content (AvgIpc) is 2.56. The molecule has 1 atom stereocenters. The number of nitrogens with zero attached hydrogens (tertiary/aromatic N) is 1. The van der Waals surface area contributed by atoms with E-state index in [1.165, 1.54) is 6.92 Å². The molecule has 0 spiro atoms. The first-order valence-corrected chi connectivity index (χ1v) is 9.10. The number of carbonyl (C=O) groups excluding carboxylic acids is 1. The summed E-state index contributed by atoms with van der Waals surface area (Å²) in [6, 6.07) is 9.21.